The molecule has 2 aromatic rings. The molecule has 0 atom stereocenters. The first kappa shape index (κ1) is 17.0. The van der Waals surface area contributed by atoms with Gasteiger partial charge >= 0.3 is 0 Å². The van der Waals surface area contributed by atoms with Crippen LogP contribution >= 0.6 is 15.9 Å². The topological polar surface area (TPSA) is 38.3 Å². The second-order valence-electron chi connectivity index (χ2n) is 6.10. The average molecular weight is 388 g/mol. The van der Waals surface area contributed by atoms with Crippen LogP contribution in [0.1, 0.15) is 32.1 Å². The van der Waals surface area contributed by atoms with Gasteiger partial charge in [-0.2, -0.15) is 0 Å². The summed E-state index contributed by atoms with van der Waals surface area (Å²) in [5, 5.41) is 5.16. The Labute approximate surface area is 151 Å². The molecule has 0 spiro atoms. The Morgan fingerprint density at radius 1 is 1.17 bits per heavy atom. The van der Waals surface area contributed by atoms with Crippen molar-refractivity contribution in [3.8, 4) is 5.75 Å². The van der Waals surface area contributed by atoms with Crippen molar-refractivity contribution in [3.05, 3.63) is 52.5 Å². The molecule has 0 aromatic heterocycles. The van der Waals surface area contributed by atoms with Crippen LogP contribution in [-0.4, -0.2) is 19.1 Å². The van der Waals surface area contributed by atoms with Crippen LogP contribution in [0.3, 0.4) is 0 Å². The maximum Gasteiger partial charge on any atom is 0.257 e. The van der Waals surface area contributed by atoms with Crippen LogP contribution in [0.25, 0.3) is 10.8 Å². The van der Waals surface area contributed by atoms with E-state index in [1.807, 2.05) is 30.3 Å². The van der Waals surface area contributed by atoms with Gasteiger partial charge in [0.05, 0.1) is 4.47 Å². The van der Waals surface area contributed by atoms with E-state index in [-0.39, 0.29) is 12.5 Å². The fraction of sp³-hybridized carbons (Fsp3) is 0.350. The molecule has 0 unspecified atom stereocenters. The van der Waals surface area contributed by atoms with E-state index in [1.165, 1.54) is 31.3 Å². The third kappa shape index (κ3) is 4.38. The van der Waals surface area contributed by atoms with E-state index in [0.29, 0.717) is 12.3 Å². The van der Waals surface area contributed by atoms with Gasteiger partial charge in [-0.1, -0.05) is 42.0 Å². The third-order valence-corrected chi connectivity index (χ3v) is 5.16. The Bertz CT molecular complexity index is 754. The molecule has 0 aliphatic heterocycles. The third-order valence-electron chi connectivity index (χ3n) is 4.34. The molecule has 24 heavy (non-hydrogen) atoms. The Morgan fingerprint density at radius 2 is 2.04 bits per heavy atom. The predicted octanol–water partition coefficient (Wildman–Crippen LogP) is 4.99. The summed E-state index contributed by atoms with van der Waals surface area (Å²) in [5.41, 5.74) is 1.47. The molecule has 0 saturated heterocycles. The highest BCUT2D eigenvalue weighted by Crippen LogP contribution is 2.32. The lowest BCUT2D eigenvalue weighted by molar-refractivity contribution is -0.123. The molecule has 1 N–H and O–H groups in total. The van der Waals surface area contributed by atoms with E-state index in [0.717, 1.165) is 21.7 Å². The van der Waals surface area contributed by atoms with E-state index >= 15 is 0 Å². The van der Waals surface area contributed by atoms with E-state index in [9.17, 15) is 4.79 Å². The first-order valence-corrected chi connectivity index (χ1v) is 9.28. The van der Waals surface area contributed by atoms with Gasteiger partial charge in [0.1, 0.15) is 5.75 Å². The summed E-state index contributed by atoms with van der Waals surface area (Å²) in [6, 6.07) is 12.0. The van der Waals surface area contributed by atoms with Crippen LogP contribution in [0.5, 0.6) is 5.75 Å². The Morgan fingerprint density at radius 3 is 2.88 bits per heavy atom. The monoisotopic (exact) mass is 387 g/mol. The second kappa shape index (κ2) is 8.34. The quantitative estimate of drug-likeness (QED) is 0.709. The molecule has 4 heteroatoms. The van der Waals surface area contributed by atoms with Crippen LogP contribution in [0, 0.1) is 0 Å². The van der Waals surface area contributed by atoms with Gasteiger partial charge in [-0.25, -0.2) is 0 Å². The maximum absolute atomic E-state index is 12.0. The molecule has 126 valence electrons. The molecule has 0 heterocycles. The minimum atomic E-state index is -0.0773. The molecule has 0 bridgehead atoms. The van der Waals surface area contributed by atoms with Gasteiger partial charge in [0, 0.05) is 6.54 Å². The van der Waals surface area contributed by atoms with E-state index < -0.39 is 0 Å². The van der Waals surface area contributed by atoms with Crippen molar-refractivity contribution in [2.24, 2.45) is 0 Å². The van der Waals surface area contributed by atoms with Gasteiger partial charge in [0.2, 0.25) is 0 Å². The smallest absolute Gasteiger partial charge is 0.257 e. The summed E-state index contributed by atoms with van der Waals surface area (Å²) >= 11 is 3.57. The van der Waals surface area contributed by atoms with Crippen LogP contribution in [0.2, 0.25) is 0 Å². The van der Waals surface area contributed by atoms with Crippen molar-refractivity contribution in [1.29, 1.82) is 0 Å². The average Bonchev–Trinajstić information content (AvgIpc) is 2.62. The molecule has 0 radical (unpaired) electrons. The number of hydrogen-bond donors (Lipinski definition) is 1. The van der Waals surface area contributed by atoms with E-state index in [4.69, 9.17) is 4.74 Å². The molecule has 1 aliphatic carbocycles. The zero-order chi connectivity index (χ0) is 16.8. The molecule has 0 fully saturated rings. The number of carbonyl (C=O) groups excluding carboxylic acids is 1. The normalized spacial score (nSPS) is 14.3. The number of benzene rings is 2. The Hall–Kier alpha value is -1.81. The molecule has 2 aromatic carbocycles. The highest BCUT2D eigenvalue weighted by Gasteiger charge is 2.09. The highest BCUT2D eigenvalue weighted by atomic mass is 79.9. The maximum atomic E-state index is 12.0. The molecular weight excluding hydrogens is 366 g/mol. The number of amides is 1. The van der Waals surface area contributed by atoms with Crippen molar-refractivity contribution in [3.63, 3.8) is 0 Å². The highest BCUT2D eigenvalue weighted by molar-refractivity contribution is 9.10. The standard InChI is InChI=1S/C20H22BrNO2/c21-20-17-9-5-4-8-16(17)10-11-18(20)24-14-19(23)22-13-12-15-6-2-1-3-7-15/h4-6,8-11H,1-3,7,12-14H2,(H,22,23). The Balaban J connectivity index is 1.49. The summed E-state index contributed by atoms with van der Waals surface area (Å²) in [4.78, 5) is 12.0. The predicted molar refractivity (Wildman–Crippen MR) is 101 cm³/mol. The number of carbonyl (C=O) groups is 1. The fourth-order valence-corrected chi connectivity index (χ4v) is 3.62. The number of hydrogen-bond acceptors (Lipinski definition) is 2. The van der Waals surface area contributed by atoms with Crippen LogP contribution < -0.4 is 10.1 Å². The summed E-state index contributed by atoms with van der Waals surface area (Å²) in [7, 11) is 0. The number of ether oxygens (including phenoxy) is 1. The summed E-state index contributed by atoms with van der Waals surface area (Å²) in [5.74, 6) is 0.616. The van der Waals surface area contributed by atoms with Crippen LogP contribution in [0.4, 0.5) is 0 Å². The van der Waals surface area contributed by atoms with Crippen molar-refractivity contribution < 1.29 is 9.53 Å². The minimum Gasteiger partial charge on any atom is -0.483 e. The summed E-state index contributed by atoms with van der Waals surface area (Å²) in [6.07, 6.45) is 8.20. The minimum absolute atomic E-state index is 0.0377. The van der Waals surface area contributed by atoms with Crippen molar-refractivity contribution >= 4 is 32.6 Å². The fourth-order valence-electron chi connectivity index (χ4n) is 3.01. The SMILES string of the molecule is O=C(COc1ccc2ccccc2c1Br)NCCC1=CCCCC1. The lowest BCUT2D eigenvalue weighted by Gasteiger charge is -2.13. The Kier molecular flexibility index (Phi) is 5.91. The van der Waals surface area contributed by atoms with Gasteiger partial charge in [-0.15, -0.1) is 0 Å². The van der Waals surface area contributed by atoms with Gasteiger partial charge in [0.25, 0.3) is 5.91 Å². The number of allylic oxidation sites excluding steroid dienone is 1. The summed E-state index contributed by atoms with van der Waals surface area (Å²) in [6.45, 7) is 0.725. The lowest BCUT2D eigenvalue weighted by atomic mass is 9.97. The van der Waals surface area contributed by atoms with Crippen molar-refractivity contribution in [2.45, 2.75) is 32.1 Å². The first-order chi connectivity index (χ1) is 11.7. The second-order valence-corrected chi connectivity index (χ2v) is 6.89. The number of halogens is 1. The number of nitrogens with one attached hydrogen (secondary N) is 1. The number of fused-ring (bicyclic) bond motifs is 1. The largest absolute Gasteiger partial charge is 0.483 e. The van der Waals surface area contributed by atoms with Gasteiger partial charge in [-0.05, 0) is 64.9 Å². The van der Waals surface area contributed by atoms with Crippen molar-refractivity contribution in [1.82, 2.24) is 5.32 Å². The van der Waals surface area contributed by atoms with Crippen molar-refractivity contribution in [2.75, 3.05) is 13.2 Å². The van der Waals surface area contributed by atoms with Crippen LogP contribution in [-0.2, 0) is 4.79 Å². The van der Waals surface area contributed by atoms with E-state index in [2.05, 4.69) is 33.4 Å². The number of rotatable bonds is 6. The molecule has 0 saturated carbocycles. The van der Waals surface area contributed by atoms with Gasteiger partial charge < -0.3 is 10.1 Å². The van der Waals surface area contributed by atoms with E-state index in [1.54, 1.807) is 0 Å². The first-order valence-electron chi connectivity index (χ1n) is 8.49. The molecular formula is C20H22BrNO2. The molecule has 3 rings (SSSR count). The van der Waals surface area contributed by atoms with Crippen LogP contribution in [0.15, 0.2) is 52.5 Å². The zero-order valence-electron chi connectivity index (χ0n) is 13.7. The summed E-state index contributed by atoms with van der Waals surface area (Å²) < 4.78 is 6.57. The van der Waals surface area contributed by atoms with Gasteiger partial charge in [0.15, 0.2) is 6.61 Å². The lowest BCUT2D eigenvalue weighted by Crippen LogP contribution is -2.30. The molecule has 1 amide bonds. The molecule has 1 aliphatic rings. The zero-order valence-corrected chi connectivity index (χ0v) is 15.3. The van der Waals surface area contributed by atoms with Gasteiger partial charge in [-0.3, -0.25) is 4.79 Å². The molecule has 3 nitrogen and oxygen atoms in total.